The quantitative estimate of drug-likeness (QED) is 0.0222. The maximum absolute atomic E-state index is 13.1. The van der Waals surface area contributed by atoms with Gasteiger partial charge in [-0.2, -0.15) is 0 Å². The average molecular weight is 1480 g/mol. The van der Waals surface area contributed by atoms with Crippen LogP contribution in [0.5, 0.6) is 0 Å². The Bertz CT molecular complexity index is 1960. The second kappa shape index (κ2) is 72.3. The third kappa shape index (κ3) is 74.7. The van der Waals surface area contributed by atoms with Crippen molar-refractivity contribution >= 4 is 39.5 Å². The van der Waals surface area contributed by atoms with Crippen molar-refractivity contribution in [1.82, 2.24) is 0 Å². The molecule has 0 aromatic heterocycles. The van der Waals surface area contributed by atoms with E-state index in [9.17, 15) is 43.2 Å². The number of aliphatic hydroxyl groups excluding tert-OH is 1. The van der Waals surface area contributed by atoms with Gasteiger partial charge >= 0.3 is 39.5 Å². The highest BCUT2D eigenvalue weighted by molar-refractivity contribution is 7.47. The number of phosphoric ester groups is 2. The lowest BCUT2D eigenvalue weighted by Crippen LogP contribution is -2.30. The van der Waals surface area contributed by atoms with Gasteiger partial charge in [-0.15, -0.1) is 0 Å². The van der Waals surface area contributed by atoms with E-state index in [1.54, 1.807) is 0 Å². The molecule has 0 amide bonds. The van der Waals surface area contributed by atoms with E-state index in [2.05, 4.69) is 48.5 Å². The number of aliphatic hydroxyl groups is 1. The van der Waals surface area contributed by atoms with Crippen LogP contribution >= 0.6 is 15.6 Å². The van der Waals surface area contributed by atoms with E-state index in [-0.39, 0.29) is 25.7 Å². The molecule has 0 fully saturated rings. The summed E-state index contributed by atoms with van der Waals surface area (Å²) in [5.41, 5.74) is 0. The Morgan fingerprint density at radius 3 is 0.752 bits per heavy atom. The molecule has 0 aromatic carbocycles. The first-order valence-electron chi connectivity index (χ1n) is 42.4. The molecule has 0 spiro atoms. The first-order chi connectivity index (χ1) is 48.8. The van der Waals surface area contributed by atoms with E-state index in [1.165, 1.54) is 231 Å². The fourth-order valence-corrected chi connectivity index (χ4v) is 14.2. The topological polar surface area (TPSA) is 237 Å². The van der Waals surface area contributed by atoms with Gasteiger partial charge in [0.15, 0.2) is 12.2 Å². The van der Waals surface area contributed by atoms with Crippen LogP contribution in [-0.2, 0) is 65.4 Å². The SMILES string of the molecule is CCCCCCCCCCCCCCCCCCCC(=O)OC[C@H](COP(=O)(O)OC[C@@H](O)COP(=O)(O)OC[C@@H](COC(=O)CCCCCCCCCC(C)C)OC(=O)CCCCCCCCCCCC(C)C)OC(=O)CCCCCCCCCCCCCCCCCCCCC(C)CC. The van der Waals surface area contributed by atoms with Crippen LogP contribution in [0.1, 0.15) is 427 Å². The molecule has 6 atom stereocenters. The molecule has 0 aromatic rings. The third-order valence-electron chi connectivity index (χ3n) is 19.5. The fraction of sp³-hybridized carbons (Fsp3) is 0.951. The van der Waals surface area contributed by atoms with Gasteiger partial charge in [0.05, 0.1) is 26.4 Å². The average Bonchev–Trinajstić information content (AvgIpc) is 1.02. The summed E-state index contributed by atoms with van der Waals surface area (Å²) in [5, 5.41) is 10.6. The summed E-state index contributed by atoms with van der Waals surface area (Å²) in [4.78, 5) is 73.0. The molecule has 0 aliphatic carbocycles. The van der Waals surface area contributed by atoms with Crippen LogP contribution in [0.15, 0.2) is 0 Å². The van der Waals surface area contributed by atoms with Crippen LogP contribution in [0, 0.1) is 17.8 Å². The third-order valence-corrected chi connectivity index (χ3v) is 21.4. The van der Waals surface area contributed by atoms with E-state index < -0.39 is 97.5 Å². The summed E-state index contributed by atoms with van der Waals surface area (Å²) >= 11 is 0. The second-order valence-electron chi connectivity index (χ2n) is 30.7. The van der Waals surface area contributed by atoms with E-state index >= 15 is 0 Å². The summed E-state index contributed by atoms with van der Waals surface area (Å²) in [6.45, 7) is 11.9. The minimum absolute atomic E-state index is 0.105. The molecule has 19 heteroatoms. The summed E-state index contributed by atoms with van der Waals surface area (Å²) < 4.78 is 68.7. The number of carbonyl (C=O) groups is 4. The van der Waals surface area contributed by atoms with E-state index in [4.69, 9.17) is 37.0 Å². The summed E-state index contributed by atoms with van der Waals surface area (Å²) in [7, 11) is -9.92. The molecule has 600 valence electrons. The predicted octanol–water partition coefficient (Wildman–Crippen LogP) is 24.5. The molecule has 3 unspecified atom stereocenters. The van der Waals surface area contributed by atoms with E-state index in [0.29, 0.717) is 31.6 Å². The van der Waals surface area contributed by atoms with Crippen LogP contribution in [-0.4, -0.2) is 96.7 Å². The zero-order valence-corrected chi connectivity index (χ0v) is 68.2. The van der Waals surface area contributed by atoms with Crippen LogP contribution in [0.4, 0.5) is 0 Å². The van der Waals surface area contributed by atoms with Gasteiger partial charge in [0.1, 0.15) is 19.3 Å². The van der Waals surface area contributed by atoms with Crippen molar-refractivity contribution in [2.24, 2.45) is 17.8 Å². The number of esters is 4. The number of hydrogen-bond donors (Lipinski definition) is 3. The summed E-state index contributed by atoms with van der Waals surface area (Å²) in [5.74, 6) is 0.200. The van der Waals surface area contributed by atoms with Gasteiger partial charge in [-0.25, -0.2) is 9.13 Å². The van der Waals surface area contributed by atoms with Crippen molar-refractivity contribution in [3.8, 4) is 0 Å². The van der Waals surface area contributed by atoms with Gasteiger partial charge < -0.3 is 33.8 Å². The van der Waals surface area contributed by atoms with Crippen LogP contribution in [0.3, 0.4) is 0 Å². The van der Waals surface area contributed by atoms with Crippen molar-refractivity contribution < 1.29 is 80.2 Å². The number of ether oxygens (including phenoxy) is 4. The molecule has 0 aliphatic rings. The summed E-state index contributed by atoms with van der Waals surface area (Å²) in [6.07, 6.45) is 61.2. The number of hydrogen-bond acceptors (Lipinski definition) is 15. The molecule has 17 nitrogen and oxygen atoms in total. The monoisotopic (exact) mass is 1480 g/mol. The molecular weight excluding hydrogens is 1320 g/mol. The second-order valence-corrected chi connectivity index (χ2v) is 33.6. The fourth-order valence-electron chi connectivity index (χ4n) is 12.6. The maximum Gasteiger partial charge on any atom is 0.472 e. The lowest BCUT2D eigenvalue weighted by atomic mass is 9.99. The largest absolute Gasteiger partial charge is 0.472 e. The number of carbonyl (C=O) groups excluding carboxylic acids is 4. The van der Waals surface area contributed by atoms with Crippen molar-refractivity contribution in [2.75, 3.05) is 39.6 Å². The van der Waals surface area contributed by atoms with Gasteiger partial charge in [-0.05, 0) is 43.4 Å². The first-order valence-corrected chi connectivity index (χ1v) is 45.4. The highest BCUT2D eigenvalue weighted by Gasteiger charge is 2.30. The minimum atomic E-state index is -4.96. The Balaban J connectivity index is 5.21. The van der Waals surface area contributed by atoms with Gasteiger partial charge in [-0.1, -0.05) is 376 Å². The summed E-state index contributed by atoms with van der Waals surface area (Å²) in [6, 6.07) is 0. The Morgan fingerprint density at radius 2 is 0.505 bits per heavy atom. The molecule has 0 heterocycles. The number of unbranched alkanes of at least 4 members (excludes halogenated alkanes) is 47. The van der Waals surface area contributed by atoms with Crippen molar-refractivity contribution in [3.63, 3.8) is 0 Å². The molecule has 3 N–H and O–H groups in total. The molecule has 0 saturated heterocycles. The molecule has 0 aliphatic heterocycles. The minimum Gasteiger partial charge on any atom is -0.462 e. The van der Waals surface area contributed by atoms with E-state index in [1.807, 2.05) is 0 Å². The predicted molar refractivity (Wildman–Crippen MR) is 414 cm³/mol. The highest BCUT2D eigenvalue weighted by atomic mass is 31.2. The highest BCUT2D eigenvalue weighted by Crippen LogP contribution is 2.45. The van der Waals surface area contributed by atoms with Crippen LogP contribution in [0.25, 0.3) is 0 Å². The lowest BCUT2D eigenvalue weighted by Gasteiger charge is -2.21. The zero-order valence-electron chi connectivity index (χ0n) is 66.4. The Kier molecular flexibility index (Phi) is 70.9. The van der Waals surface area contributed by atoms with Crippen molar-refractivity contribution in [1.29, 1.82) is 0 Å². The van der Waals surface area contributed by atoms with Crippen LogP contribution in [0.2, 0.25) is 0 Å². The smallest absolute Gasteiger partial charge is 0.462 e. The zero-order chi connectivity index (χ0) is 74.4. The van der Waals surface area contributed by atoms with Gasteiger partial charge in [0.25, 0.3) is 0 Å². The molecule has 0 saturated carbocycles. The van der Waals surface area contributed by atoms with E-state index in [0.717, 1.165) is 108 Å². The number of rotatable bonds is 80. The standard InChI is InChI=1S/C82H160O17P2/c1-8-10-11-12-13-14-15-16-17-20-24-27-30-35-42-49-56-63-79(84)92-69-77(98-81(86)65-58-51-43-36-31-28-25-22-19-18-21-23-26-29-34-41-48-55-62-75(7)9-2)71-96-100(88,89)94-67-76(83)68-95-101(90,91)97-72-78(70-93-80(85)64-57-50-45-38-40-47-54-61-74(5)6)99-82(87)66-59-52-44-37-32-33-39-46-53-60-73(3)4/h73-78,83H,8-72H2,1-7H3,(H,88,89)(H,90,91)/t75?,76-,77-,78-/m1/s1. The Labute approximate surface area is 619 Å². The molecule has 0 rings (SSSR count). The van der Waals surface area contributed by atoms with Gasteiger partial charge in [-0.3, -0.25) is 37.3 Å². The molecular formula is C82H160O17P2. The molecule has 101 heavy (non-hydrogen) atoms. The van der Waals surface area contributed by atoms with Gasteiger partial charge in [0, 0.05) is 25.7 Å². The van der Waals surface area contributed by atoms with Crippen molar-refractivity contribution in [2.45, 2.75) is 446 Å². The Morgan fingerprint density at radius 1 is 0.287 bits per heavy atom. The lowest BCUT2D eigenvalue weighted by molar-refractivity contribution is -0.161. The van der Waals surface area contributed by atoms with Crippen molar-refractivity contribution in [3.05, 3.63) is 0 Å². The maximum atomic E-state index is 13.1. The molecule has 0 bridgehead atoms. The number of phosphoric acid groups is 2. The molecule has 0 radical (unpaired) electrons. The van der Waals surface area contributed by atoms with Gasteiger partial charge in [0.2, 0.25) is 0 Å². The normalized spacial score (nSPS) is 14.2. The first kappa shape index (κ1) is 99.1. The van der Waals surface area contributed by atoms with Crippen LogP contribution < -0.4 is 0 Å². The Hall–Kier alpha value is -1.94.